The molecule has 2 atom stereocenters. The molecule has 0 saturated carbocycles. The molecular weight excluding hydrogens is 494 g/mol. The number of aromatic hydroxyl groups is 1. The predicted octanol–water partition coefficient (Wildman–Crippen LogP) is 1.94. The number of nitrogens with zero attached hydrogens (tertiary/aromatic N) is 1. The zero-order valence-electron chi connectivity index (χ0n) is 15.5. The molecule has 0 aromatic heterocycles. The molecule has 0 unspecified atom stereocenters. The van der Waals surface area contributed by atoms with E-state index in [0.29, 0.717) is 14.8 Å². The maximum Gasteiger partial charge on any atom is 0.269 e. The number of aliphatic hydroxyl groups is 1. The van der Waals surface area contributed by atoms with Gasteiger partial charge in [-0.05, 0) is 72.3 Å². The van der Waals surface area contributed by atoms with Gasteiger partial charge in [0, 0.05) is 14.8 Å². The molecule has 152 valence electrons. The van der Waals surface area contributed by atoms with Gasteiger partial charge in [0.05, 0.1) is 11.7 Å². The second-order valence-electron chi connectivity index (χ2n) is 6.18. The topological polar surface area (TPSA) is 134 Å². The lowest BCUT2D eigenvalue weighted by molar-refractivity contribution is -0.124. The molecule has 0 aliphatic rings. The lowest BCUT2D eigenvalue weighted by atomic mass is 10.1. The number of nitriles is 1. The van der Waals surface area contributed by atoms with E-state index in [1.54, 1.807) is 19.1 Å². The van der Waals surface area contributed by atoms with Crippen LogP contribution in [0, 0.1) is 27.6 Å². The van der Waals surface area contributed by atoms with Gasteiger partial charge in [-0.1, -0.05) is 0 Å². The van der Waals surface area contributed by atoms with E-state index in [0.717, 1.165) is 17.7 Å². The summed E-state index contributed by atoms with van der Waals surface area (Å²) in [5.41, 5.74) is 5.95. The molecule has 0 heterocycles. The SMILES string of the molecule is Cc1c(N[C@@H](C(=O)NNC(=O)c2ccc(O)c(F)c2)[C@H](C)O)ccc(C#N)c1I. The fourth-order valence-electron chi connectivity index (χ4n) is 2.42. The van der Waals surface area contributed by atoms with Crippen LogP contribution in [0.25, 0.3) is 0 Å². The molecule has 0 radical (unpaired) electrons. The van der Waals surface area contributed by atoms with Crippen LogP contribution in [-0.2, 0) is 4.79 Å². The van der Waals surface area contributed by atoms with Gasteiger partial charge < -0.3 is 15.5 Å². The van der Waals surface area contributed by atoms with Gasteiger partial charge in [-0.15, -0.1) is 0 Å². The number of rotatable bonds is 5. The molecule has 2 aromatic rings. The Morgan fingerprint density at radius 2 is 1.93 bits per heavy atom. The van der Waals surface area contributed by atoms with Gasteiger partial charge in [-0.25, -0.2) is 4.39 Å². The minimum absolute atomic E-state index is 0.111. The standard InChI is InChI=1S/C19H18FIN4O4/c1-9-14(5-3-12(8-22)16(9)21)23-17(10(2)26)19(29)25-24-18(28)11-4-6-15(27)13(20)7-11/h3-7,10,17,23,26-27H,1-2H3,(H,24,28)(H,25,29)/t10-,17+/m0/s1. The number of phenolic OH excluding ortho intramolecular Hbond substituents is 1. The van der Waals surface area contributed by atoms with Gasteiger partial charge in [0.2, 0.25) is 0 Å². The molecule has 0 saturated heterocycles. The zero-order chi connectivity index (χ0) is 21.7. The van der Waals surface area contributed by atoms with Gasteiger partial charge in [-0.3, -0.25) is 20.4 Å². The first-order valence-corrected chi connectivity index (χ1v) is 9.46. The van der Waals surface area contributed by atoms with E-state index in [4.69, 9.17) is 10.4 Å². The first-order chi connectivity index (χ1) is 13.6. The summed E-state index contributed by atoms with van der Waals surface area (Å²) in [5, 5.41) is 31.1. The fourth-order valence-corrected chi connectivity index (χ4v) is 3.01. The second kappa shape index (κ2) is 9.53. The fraction of sp³-hybridized carbons (Fsp3) is 0.211. The van der Waals surface area contributed by atoms with E-state index >= 15 is 0 Å². The number of halogens is 2. The highest BCUT2D eigenvalue weighted by atomic mass is 127. The summed E-state index contributed by atoms with van der Waals surface area (Å²) in [6.07, 6.45) is -1.12. The first kappa shape index (κ1) is 22.4. The Labute approximate surface area is 179 Å². The minimum Gasteiger partial charge on any atom is -0.505 e. The summed E-state index contributed by atoms with van der Waals surface area (Å²) in [6, 6.07) is 7.19. The van der Waals surface area contributed by atoms with Crippen LogP contribution >= 0.6 is 22.6 Å². The zero-order valence-corrected chi connectivity index (χ0v) is 17.6. The molecule has 0 spiro atoms. The number of hydrazine groups is 1. The monoisotopic (exact) mass is 512 g/mol. The molecule has 10 heteroatoms. The average molecular weight is 512 g/mol. The summed E-state index contributed by atoms with van der Waals surface area (Å²) < 4.78 is 14.1. The van der Waals surface area contributed by atoms with E-state index in [1.165, 1.54) is 13.0 Å². The van der Waals surface area contributed by atoms with E-state index < -0.39 is 35.5 Å². The first-order valence-electron chi connectivity index (χ1n) is 8.38. The van der Waals surface area contributed by atoms with Crippen LogP contribution in [0.5, 0.6) is 5.75 Å². The van der Waals surface area contributed by atoms with Crippen molar-refractivity contribution in [2.75, 3.05) is 5.32 Å². The summed E-state index contributed by atoms with van der Waals surface area (Å²) in [4.78, 5) is 24.5. The van der Waals surface area contributed by atoms with Gasteiger partial charge in [0.25, 0.3) is 11.8 Å². The van der Waals surface area contributed by atoms with Crippen molar-refractivity contribution in [1.82, 2.24) is 10.9 Å². The maximum atomic E-state index is 13.4. The highest BCUT2D eigenvalue weighted by molar-refractivity contribution is 14.1. The van der Waals surface area contributed by atoms with E-state index in [9.17, 15) is 19.1 Å². The van der Waals surface area contributed by atoms with Crippen LogP contribution in [0.4, 0.5) is 10.1 Å². The van der Waals surface area contributed by atoms with Crippen LogP contribution < -0.4 is 16.2 Å². The van der Waals surface area contributed by atoms with E-state index in [2.05, 4.69) is 22.2 Å². The van der Waals surface area contributed by atoms with Crippen molar-refractivity contribution in [3.8, 4) is 11.8 Å². The van der Waals surface area contributed by atoms with Gasteiger partial charge in [0.1, 0.15) is 12.1 Å². The summed E-state index contributed by atoms with van der Waals surface area (Å²) in [7, 11) is 0. The third-order valence-corrected chi connectivity index (χ3v) is 5.48. The lowest BCUT2D eigenvalue weighted by Gasteiger charge is -2.23. The number of aliphatic hydroxyl groups excluding tert-OH is 1. The maximum absolute atomic E-state index is 13.4. The Hall–Kier alpha value is -2.91. The molecule has 29 heavy (non-hydrogen) atoms. The smallest absolute Gasteiger partial charge is 0.269 e. The van der Waals surface area contributed by atoms with Crippen molar-refractivity contribution in [3.63, 3.8) is 0 Å². The quantitative estimate of drug-likeness (QED) is 0.307. The highest BCUT2D eigenvalue weighted by Gasteiger charge is 2.25. The number of amides is 2. The predicted molar refractivity (Wildman–Crippen MR) is 111 cm³/mol. The molecule has 0 bridgehead atoms. The van der Waals surface area contributed by atoms with Crippen LogP contribution in [0.3, 0.4) is 0 Å². The number of carbonyl (C=O) groups excluding carboxylic acids is 2. The Balaban J connectivity index is 2.10. The second-order valence-corrected chi connectivity index (χ2v) is 7.26. The van der Waals surface area contributed by atoms with Crippen molar-refractivity contribution in [1.29, 1.82) is 5.26 Å². The molecule has 0 aliphatic carbocycles. The van der Waals surface area contributed by atoms with Crippen LogP contribution in [-0.4, -0.2) is 34.2 Å². The minimum atomic E-state index is -1.12. The Bertz CT molecular complexity index is 991. The van der Waals surface area contributed by atoms with Crippen molar-refractivity contribution >= 4 is 40.1 Å². The number of carbonyl (C=O) groups is 2. The molecule has 2 amide bonds. The van der Waals surface area contributed by atoms with Crippen molar-refractivity contribution in [3.05, 3.63) is 56.4 Å². The van der Waals surface area contributed by atoms with E-state index in [1.807, 2.05) is 22.6 Å². The largest absolute Gasteiger partial charge is 0.505 e. The molecule has 5 N–H and O–H groups in total. The highest BCUT2D eigenvalue weighted by Crippen LogP contribution is 2.25. The normalized spacial score (nSPS) is 12.4. The van der Waals surface area contributed by atoms with Crippen LogP contribution in [0.15, 0.2) is 30.3 Å². The molecule has 8 nitrogen and oxygen atoms in total. The summed E-state index contributed by atoms with van der Waals surface area (Å²) in [5.74, 6) is -3.10. The summed E-state index contributed by atoms with van der Waals surface area (Å²) >= 11 is 2.02. The number of nitrogens with one attached hydrogen (secondary N) is 3. The van der Waals surface area contributed by atoms with Gasteiger partial charge in [-0.2, -0.15) is 5.26 Å². The third-order valence-electron chi connectivity index (χ3n) is 4.09. The van der Waals surface area contributed by atoms with Crippen molar-refractivity contribution in [2.24, 2.45) is 0 Å². The molecule has 0 fully saturated rings. The van der Waals surface area contributed by atoms with Crippen molar-refractivity contribution < 1.29 is 24.2 Å². The van der Waals surface area contributed by atoms with Crippen LogP contribution in [0.2, 0.25) is 0 Å². The van der Waals surface area contributed by atoms with Gasteiger partial charge in [0.15, 0.2) is 11.6 Å². The average Bonchev–Trinajstić information content (AvgIpc) is 2.68. The molecule has 2 rings (SSSR count). The Kier molecular flexibility index (Phi) is 7.35. The Morgan fingerprint density at radius 1 is 1.24 bits per heavy atom. The number of hydrogen-bond acceptors (Lipinski definition) is 6. The third kappa shape index (κ3) is 5.33. The number of hydrogen-bond donors (Lipinski definition) is 5. The van der Waals surface area contributed by atoms with Crippen molar-refractivity contribution in [2.45, 2.75) is 26.0 Å². The number of phenols is 1. The number of anilines is 1. The molecule has 0 aliphatic heterocycles. The van der Waals surface area contributed by atoms with E-state index in [-0.39, 0.29) is 5.56 Å². The molecule has 2 aromatic carbocycles. The van der Waals surface area contributed by atoms with Crippen LogP contribution in [0.1, 0.15) is 28.4 Å². The number of benzene rings is 2. The lowest BCUT2D eigenvalue weighted by Crippen LogP contribution is -2.52. The molecular formula is C19H18FIN4O4. The Morgan fingerprint density at radius 3 is 2.52 bits per heavy atom. The van der Waals surface area contributed by atoms with Gasteiger partial charge >= 0.3 is 0 Å². The summed E-state index contributed by atoms with van der Waals surface area (Å²) in [6.45, 7) is 3.17.